The standard InChI is InChI=1S/C19H23N4O4P/c1-6-7-12(2)14(4)18-9-8-17(15(5)27-28(24,25)26)19(21-18)23-13(3)10-16(11-20)22-23/h6-10,15H,1-5H3,(H2,24,25,26)/b7-6-,14-12-/t15-/m0/s1. The molecule has 0 unspecified atom stereocenters. The summed E-state index contributed by atoms with van der Waals surface area (Å²) in [5.74, 6) is 0.352. The lowest BCUT2D eigenvalue weighted by Gasteiger charge is -2.19. The molecule has 2 N–H and O–H groups in total. The van der Waals surface area contributed by atoms with Crippen molar-refractivity contribution in [2.45, 2.75) is 40.7 Å². The fourth-order valence-corrected chi connectivity index (χ4v) is 3.26. The Kier molecular flexibility index (Phi) is 6.70. The predicted octanol–water partition coefficient (Wildman–Crippen LogP) is 3.99. The van der Waals surface area contributed by atoms with Gasteiger partial charge in [0.2, 0.25) is 0 Å². The van der Waals surface area contributed by atoms with Crippen LogP contribution in [0, 0.1) is 18.3 Å². The number of aryl methyl sites for hydroxylation is 1. The van der Waals surface area contributed by atoms with E-state index < -0.39 is 13.9 Å². The van der Waals surface area contributed by atoms with E-state index in [-0.39, 0.29) is 5.69 Å². The van der Waals surface area contributed by atoms with Crippen molar-refractivity contribution in [2.75, 3.05) is 0 Å². The summed E-state index contributed by atoms with van der Waals surface area (Å²) in [5, 5.41) is 13.4. The second kappa shape index (κ2) is 8.63. The summed E-state index contributed by atoms with van der Waals surface area (Å²) in [6.45, 7) is 9.13. The maximum atomic E-state index is 11.3. The van der Waals surface area contributed by atoms with Gasteiger partial charge >= 0.3 is 7.82 Å². The van der Waals surface area contributed by atoms with Gasteiger partial charge in [-0.15, -0.1) is 0 Å². The Hall–Kier alpha value is -2.56. The van der Waals surface area contributed by atoms with Crippen LogP contribution in [-0.2, 0) is 9.09 Å². The normalized spacial score (nSPS) is 14.1. The van der Waals surface area contributed by atoms with Crippen molar-refractivity contribution in [3.05, 3.63) is 58.6 Å². The number of hydrogen-bond donors (Lipinski definition) is 2. The minimum Gasteiger partial charge on any atom is -0.303 e. The molecule has 2 aromatic rings. The Bertz CT molecular complexity index is 1030. The van der Waals surface area contributed by atoms with Crippen LogP contribution in [0.5, 0.6) is 0 Å². The summed E-state index contributed by atoms with van der Waals surface area (Å²) in [6.07, 6.45) is 2.96. The Morgan fingerprint density at radius 3 is 2.61 bits per heavy atom. The maximum Gasteiger partial charge on any atom is 0.470 e. The van der Waals surface area contributed by atoms with E-state index >= 15 is 0 Å². The number of pyridine rings is 1. The van der Waals surface area contributed by atoms with Crippen molar-refractivity contribution in [2.24, 2.45) is 0 Å². The predicted molar refractivity (Wildman–Crippen MR) is 105 cm³/mol. The van der Waals surface area contributed by atoms with Gasteiger partial charge in [0, 0.05) is 11.3 Å². The molecule has 2 rings (SSSR count). The fraction of sp³-hybridized carbons (Fsp3) is 0.316. The highest BCUT2D eigenvalue weighted by atomic mass is 31.2. The zero-order valence-electron chi connectivity index (χ0n) is 16.4. The number of phosphoric acid groups is 1. The van der Waals surface area contributed by atoms with Crippen molar-refractivity contribution < 1.29 is 18.9 Å². The van der Waals surface area contributed by atoms with E-state index in [1.54, 1.807) is 25.1 Å². The quantitative estimate of drug-likeness (QED) is 0.553. The van der Waals surface area contributed by atoms with Crippen molar-refractivity contribution >= 4 is 13.4 Å². The van der Waals surface area contributed by atoms with Crippen LogP contribution >= 0.6 is 7.82 Å². The van der Waals surface area contributed by atoms with E-state index in [1.165, 1.54) is 11.6 Å². The van der Waals surface area contributed by atoms with Crippen LogP contribution in [0.4, 0.5) is 0 Å². The van der Waals surface area contributed by atoms with Crippen molar-refractivity contribution in [3.8, 4) is 11.9 Å². The third-order valence-electron chi connectivity index (χ3n) is 4.23. The molecule has 9 heteroatoms. The monoisotopic (exact) mass is 402 g/mol. The molecule has 0 saturated heterocycles. The maximum absolute atomic E-state index is 11.3. The topological polar surface area (TPSA) is 121 Å². The van der Waals surface area contributed by atoms with E-state index in [2.05, 4.69) is 10.1 Å². The number of nitrogens with zero attached hydrogens (tertiary/aromatic N) is 4. The van der Waals surface area contributed by atoms with Crippen LogP contribution in [0.3, 0.4) is 0 Å². The third-order valence-corrected chi connectivity index (χ3v) is 4.82. The van der Waals surface area contributed by atoms with Crippen molar-refractivity contribution in [1.82, 2.24) is 14.8 Å². The van der Waals surface area contributed by atoms with Crippen LogP contribution in [0.15, 0.2) is 35.9 Å². The molecule has 0 amide bonds. The number of rotatable bonds is 6. The molecule has 0 spiro atoms. The number of allylic oxidation sites excluding steroid dienone is 4. The summed E-state index contributed by atoms with van der Waals surface area (Å²) in [7, 11) is -4.70. The van der Waals surface area contributed by atoms with Gasteiger partial charge in [0.25, 0.3) is 0 Å². The summed E-state index contributed by atoms with van der Waals surface area (Å²) < 4.78 is 17.6. The molecule has 8 nitrogen and oxygen atoms in total. The van der Waals surface area contributed by atoms with Gasteiger partial charge in [-0.25, -0.2) is 14.2 Å². The largest absolute Gasteiger partial charge is 0.470 e. The Morgan fingerprint density at radius 2 is 2.07 bits per heavy atom. The van der Waals surface area contributed by atoms with Gasteiger partial charge in [-0.1, -0.05) is 18.2 Å². The molecular weight excluding hydrogens is 379 g/mol. The highest BCUT2D eigenvalue weighted by molar-refractivity contribution is 7.46. The second-order valence-corrected chi connectivity index (χ2v) is 7.54. The van der Waals surface area contributed by atoms with Crippen molar-refractivity contribution in [3.63, 3.8) is 0 Å². The lowest BCUT2D eigenvalue weighted by atomic mass is 10.0. The molecule has 0 aromatic carbocycles. The van der Waals surface area contributed by atoms with Gasteiger partial charge in [0.15, 0.2) is 11.5 Å². The average Bonchev–Trinajstić information content (AvgIpc) is 3.00. The molecule has 0 radical (unpaired) electrons. The van der Waals surface area contributed by atoms with E-state index in [0.717, 1.165) is 11.1 Å². The SMILES string of the molecule is C/C=C\C(C)=C(\C)c1ccc([C@H](C)OP(=O)(O)O)c(-n2nc(C#N)cc2C)n1. The summed E-state index contributed by atoms with van der Waals surface area (Å²) in [5.41, 5.74) is 3.99. The summed E-state index contributed by atoms with van der Waals surface area (Å²) >= 11 is 0. The highest BCUT2D eigenvalue weighted by Crippen LogP contribution is 2.43. The van der Waals surface area contributed by atoms with E-state index in [1.807, 2.05) is 39.0 Å². The van der Waals surface area contributed by atoms with Gasteiger partial charge < -0.3 is 9.79 Å². The summed E-state index contributed by atoms with van der Waals surface area (Å²) in [6, 6.07) is 7.07. The Balaban J connectivity index is 2.70. The molecule has 0 aliphatic heterocycles. The molecule has 0 saturated carbocycles. The van der Waals surface area contributed by atoms with Gasteiger partial charge in [0.05, 0.1) is 11.8 Å². The van der Waals surface area contributed by atoms with Gasteiger partial charge in [-0.05, 0) is 57.9 Å². The van der Waals surface area contributed by atoms with E-state index in [9.17, 15) is 14.4 Å². The first-order valence-corrected chi connectivity index (χ1v) is 10.1. The van der Waals surface area contributed by atoms with Crippen LogP contribution in [0.1, 0.15) is 56.4 Å². The molecular formula is C19H23N4O4P. The van der Waals surface area contributed by atoms with Crippen LogP contribution < -0.4 is 0 Å². The van der Waals surface area contributed by atoms with Crippen LogP contribution in [0.2, 0.25) is 0 Å². The molecule has 1 atom stereocenters. The lowest BCUT2D eigenvalue weighted by molar-refractivity contribution is 0.145. The number of phosphoric ester groups is 1. The zero-order chi connectivity index (χ0) is 21.1. The Labute approximate surface area is 164 Å². The molecule has 28 heavy (non-hydrogen) atoms. The fourth-order valence-electron chi connectivity index (χ4n) is 2.74. The van der Waals surface area contributed by atoms with E-state index in [0.29, 0.717) is 22.8 Å². The molecule has 0 aliphatic rings. The third kappa shape index (κ3) is 5.03. The molecule has 0 aliphatic carbocycles. The van der Waals surface area contributed by atoms with E-state index in [4.69, 9.17) is 9.79 Å². The van der Waals surface area contributed by atoms with Gasteiger partial charge in [0.1, 0.15) is 6.07 Å². The number of nitriles is 1. The minimum atomic E-state index is -4.70. The Morgan fingerprint density at radius 1 is 1.39 bits per heavy atom. The van der Waals surface area contributed by atoms with Gasteiger partial charge in [-0.3, -0.25) is 4.52 Å². The van der Waals surface area contributed by atoms with Crippen LogP contribution in [-0.4, -0.2) is 24.6 Å². The number of aromatic nitrogens is 3. The first kappa shape index (κ1) is 21.7. The number of hydrogen-bond acceptors (Lipinski definition) is 5. The molecule has 0 fully saturated rings. The highest BCUT2D eigenvalue weighted by Gasteiger charge is 2.24. The zero-order valence-corrected chi connectivity index (χ0v) is 17.3. The molecule has 2 heterocycles. The lowest BCUT2D eigenvalue weighted by Crippen LogP contribution is -2.11. The van der Waals surface area contributed by atoms with Gasteiger partial charge in [-0.2, -0.15) is 10.4 Å². The van der Waals surface area contributed by atoms with Crippen LogP contribution in [0.25, 0.3) is 11.4 Å². The second-order valence-electron chi connectivity index (χ2n) is 6.35. The van der Waals surface area contributed by atoms with Crippen molar-refractivity contribution in [1.29, 1.82) is 5.26 Å². The average molecular weight is 402 g/mol. The first-order valence-electron chi connectivity index (χ1n) is 8.60. The smallest absolute Gasteiger partial charge is 0.303 e. The first-order chi connectivity index (χ1) is 13.1. The summed E-state index contributed by atoms with van der Waals surface area (Å²) in [4.78, 5) is 23.0. The molecule has 148 valence electrons. The molecule has 2 aromatic heterocycles. The molecule has 0 bridgehead atoms. The minimum absolute atomic E-state index is 0.219.